The van der Waals surface area contributed by atoms with Crippen molar-refractivity contribution in [2.45, 2.75) is 6.10 Å². The molecule has 0 aliphatic carbocycles. The lowest BCUT2D eigenvalue weighted by molar-refractivity contribution is 0.0388. The van der Waals surface area contributed by atoms with Crippen molar-refractivity contribution >= 4 is 41.0 Å². The third kappa shape index (κ3) is 6.03. The van der Waals surface area contributed by atoms with Crippen molar-refractivity contribution in [3.63, 3.8) is 0 Å². The Bertz CT molecular complexity index is 1050. The first-order chi connectivity index (χ1) is 16.5. The number of hydrogen-bond acceptors (Lipinski definition) is 9. The fraction of sp³-hybridized carbons (Fsp3) is 0.375. The molecule has 2 aliphatic heterocycles. The van der Waals surface area contributed by atoms with Crippen LogP contribution in [0, 0.1) is 0 Å². The van der Waals surface area contributed by atoms with Gasteiger partial charge in [-0.25, -0.2) is 9.59 Å². The van der Waals surface area contributed by atoms with Gasteiger partial charge in [-0.3, -0.25) is 4.90 Å². The summed E-state index contributed by atoms with van der Waals surface area (Å²) in [5, 5.41) is 3.33. The topological polar surface area (TPSA) is 119 Å². The minimum absolute atomic E-state index is 0.193. The van der Waals surface area contributed by atoms with Crippen LogP contribution in [0.4, 0.5) is 27.5 Å². The minimum atomic E-state index is -0.509. The molecule has 4 rings (SSSR count). The van der Waals surface area contributed by atoms with Gasteiger partial charge < -0.3 is 30.2 Å². The van der Waals surface area contributed by atoms with Crippen molar-refractivity contribution < 1.29 is 23.8 Å². The highest BCUT2D eigenvalue weighted by Crippen LogP contribution is 2.27. The Labute approximate surface area is 198 Å². The van der Waals surface area contributed by atoms with Crippen molar-refractivity contribution in [3.05, 3.63) is 48.0 Å². The van der Waals surface area contributed by atoms with Crippen LogP contribution < -0.4 is 16.0 Å². The van der Waals surface area contributed by atoms with E-state index in [9.17, 15) is 9.59 Å². The van der Waals surface area contributed by atoms with Gasteiger partial charge in [0.15, 0.2) is 6.10 Å². The SMILES string of the molecule is COCCOC(=O)c1ccc(Nc2cccc(N3CCN(CC4C=NC(=O)O4)CC3)c2)c(N)c1. The Hall–Kier alpha value is -3.63. The molecule has 10 nitrogen and oxygen atoms in total. The molecule has 0 bridgehead atoms. The second-order valence-corrected chi connectivity index (χ2v) is 8.09. The van der Waals surface area contributed by atoms with Crippen LogP contribution in [0.15, 0.2) is 47.5 Å². The second-order valence-electron chi connectivity index (χ2n) is 8.09. The number of esters is 1. The van der Waals surface area contributed by atoms with E-state index in [1.807, 2.05) is 12.1 Å². The minimum Gasteiger partial charge on any atom is -0.460 e. The largest absolute Gasteiger partial charge is 0.460 e. The van der Waals surface area contributed by atoms with E-state index in [1.165, 1.54) is 0 Å². The van der Waals surface area contributed by atoms with E-state index in [1.54, 1.807) is 31.5 Å². The van der Waals surface area contributed by atoms with E-state index in [-0.39, 0.29) is 12.7 Å². The molecule has 34 heavy (non-hydrogen) atoms. The monoisotopic (exact) mass is 467 g/mol. The zero-order valence-corrected chi connectivity index (χ0v) is 19.1. The number of carbonyl (C=O) groups excluding carboxylic acids is 2. The highest BCUT2D eigenvalue weighted by molar-refractivity contribution is 5.92. The fourth-order valence-electron chi connectivity index (χ4n) is 3.90. The molecule has 180 valence electrons. The number of ether oxygens (including phenoxy) is 3. The van der Waals surface area contributed by atoms with Crippen molar-refractivity contribution in [1.29, 1.82) is 0 Å². The summed E-state index contributed by atoms with van der Waals surface area (Å²) < 4.78 is 15.2. The molecule has 1 atom stereocenters. The molecule has 10 heteroatoms. The first-order valence-electron chi connectivity index (χ1n) is 11.2. The molecule has 0 spiro atoms. The predicted molar refractivity (Wildman–Crippen MR) is 130 cm³/mol. The second kappa shape index (κ2) is 11.0. The van der Waals surface area contributed by atoms with Gasteiger partial charge in [0.1, 0.15) is 6.61 Å². The summed E-state index contributed by atoms with van der Waals surface area (Å²) in [5.74, 6) is -0.435. The smallest absolute Gasteiger partial charge is 0.434 e. The van der Waals surface area contributed by atoms with Crippen LogP contribution in [0.5, 0.6) is 0 Å². The Balaban J connectivity index is 1.33. The first-order valence-corrected chi connectivity index (χ1v) is 11.2. The van der Waals surface area contributed by atoms with Crippen LogP contribution in [0.1, 0.15) is 10.4 Å². The summed E-state index contributed by atoms with van der Waals surface area (Å²) in [6, 6.07) is 13.2. The molecule has 0 radical (unpaired) electrons. The third-order valence-corrected chi connectivity index (χ3v) is 5.71. The van der Waals surface area contributed by atoms with Gasteiger partial charge in [0.25, 0.3) is 0 Å². The van der Waals surface area contributed by atoms with Gasteiger partial charge >= 0.3 is 12.1 Å². The number of nitrogens with two attached hydrogens (primary N) is 1. The van der Waals surface area contributed by atoms with Gasteiger partial charge in [0, 0.05) is 51.2 Å². The maximum absolute atomic E-state index is 12.1. The van der Waals surface area contributed by atoms with Crippen LogP contribution in [-0.4, -0.2) is 82.3 Å². The van der Waals surface area contributed by atoms with Crippen LogP contribution in [0.3, 0.4) is 0 Å². The van der Waals surface area contributed by atoms with E-state index < -0.39 is 12.1 Å². The number of amides is 1. The van der Waals surface area contributed by atoms with Crippen LogP contribution in [-0.2, 0) is 14.2 Å². The summed E-state index contributed by atoms with van der Waals surface area (Å²) in [6.07, 6.45) is 0.813. The quantitative estimate of drug-likeness (QED) is 0.326. The highest BCUT2D eigenvalue weighted by Gasteiger charge is 2.24. The average molecular weight is 468 g/mol. The van der Waals surface area contributed by atoms with Crippen molar-refractivity contribution in [3.8, 4) is 0 Å². The lowest BCUT2D eigenvalue weighted by atomic mass is 10.1. The van der Waals surface area contributed by atoms with E-state index in [2.05, 4.69) is 32.2 Å². The van der Waals surface area contributed by atoms with E-state index in [4.69, 9.17) is 19.9 Å². The van der Waals surface area contributed by atoms with Crippen LogP contribution in [0.2, 0.25) is 0 Å². The molecule has 2 heterocycles. The number of nitrogens with zero attached hydrogens (tertiary/aromatic N) is 3. The van der Waals surface area contributed by atoms with E-state index in [0.29, 0.717) is 30.1 Å². The number of hydrogen-bond donors (Lipinski definition) is 2. The Morgan fingerprint density at radius 2 is 2.00 bits per heavy atom. The van der Waals surface area contributed by atoms with Crippen molar-refractivity contribution in [2.75, 3.05) is 69.0 Å². The molecule has 1 unspecified atom stereocenters. The van der Waals surface area contributed by atoms with Crippen molar-refractivity contribution in [2.24, 2.45) is 4.99 Å². The average Bonchev–Trinajstić information content (AvgIpc) is 3.25. The zero-order valence-electron chi connectivity index (χ0n) is 19.1. The molecule has 2 aromatic rings. The number of nitrogen functional groups attached to an aromatic ring is 1. The summed E-state index contributed by atoms with van der Waals surface area (Å²) in [7, 11) is 1.55. The molecule has 1 amide bonds. The Kier molecular flexibility index (Phi) is 7.61. The fourth-order valence-corrected chi connectivity index (χ4v) is 3.90. The number of piperazine rings is 1. The Morgan fingerprint density at radius 3 is 2.71 bits per heavy atom. The predicted octanol–water partition coefficient (Wildman–Crippen LogP) is 2.53. The summed E-state index contributed by atoms with van der Waals surface area (Å²) in [5.41, 5.74) is 9.75. The number of methoxy groups -OCH3 is 1. The summed E-state index contributed by atoms with van der Waals surface area (Å²) in [4.78, 5) is 31.5. The summed E-state index contributed by atoms with van der Waals surface area (Å²) in [6.45, 7) is 4.67. The van der Waals surface area contributed by atoms with Crippen LogP contribution in [0.25, 0.3) is 0 Å². The van der Waals surface area contributed by atoms with Gasteiger partial charge in [-0.05, 0) is 36.4 Å². The number of carbonyl (C=O) groups is 2. The van der Waals surface area contributed by atoms with Gasteiger partial charge in [-0.1, -0.05) is 6.07 Å². The molecule has 0 aromatic heterocycles. The number of rotatable bonds is 9. The standard InChI is InChI=1S/C24H29N5O5/c1-32-11-12-33-23(30)17-5-6-22(21(25)13-17)27-18-3-2-4-19(14-18)29-9-7-28(8-10-29)16-20-15-26-24(31)34-20/h2-6,13-15,20,27H,7-12,16,25H2,1H3. The van der Waals surface area contributed by atoms with Crippen LogP contribution >= 0.6 is 0 Å². The Morgan fingerprint density at radius 1 is 1.18 bits per heavy atom. The molecular weight excluding hydrogens is 438 g/mol. The molecule has 1 saturated heterocycles. The molecule has 3 N–H and O–H groups in total. The van der Waals surface area contributed by atoms with Gasteiger partial charge in [0.2, 0.25) is 0 Å². The molecule has 2 aromatic carbocycles. The number of benzene rings is 2. The number of cyclic esters (lactones) is 1. The molecular formula is C24H29N5O5. The van der Waals surface area contributed by atoms with Crippen molar-refractivity contribution in [1.82, 2.24) is 4.90 Å². The third-order valence-electron chi connectivity index (χ3n) is 5.71. The highest BCUT2D eigenvalue weighted by atomic mass is 16.6. The number of aliphatic imine (C=N–C) groups is 1. The zero-order chi connectivity index (χ0) is 23.9. The van der Waals surface area contributed by atoms with E-state index >= 15 is 0 Å². The molecule has 1 fully saturated rings. The molecule has 0 saturated carbocycles. The maximum Gasteiger partial charge on any atom is 0.434 e. The lowest BCUT2D eigenvalue weighted by Gasteiger charge is -2.36. The van der Waals surface area contributed by atoms with Gasteiger partial charge in [-0.15, -0.1) is 0 Å². The number of nitrogens with one attached hydrogen (secondary N) is 1. The number of anilines is 4. The van der Waals surface area contributed by atoms with Gasteiger partial charge in [0.05, 0.1) is 29.8 Å². The summed E-state index contributed by atoms with van der Waals surface area (Å²) >= 11 is 0. The lowest BCUT2D eigenvalue weighted by Crippen LogP contribution is -2.48. The first kappa shape index (κ1) is 23.5. The van der Waals surface area contributed by atoms with Gasteiger partial charge in [-0.2, -0.15) is 4.99 Å². The molecule has 2 aliphatic rings. The normalized spacial score (nSPS) is 18.1. The van der Waals surface area contributed by atoms with E-state index in [0.717, 1.165) is 37.6 Å². The maximum atomic E-state index is 12.1.